The molecule has 2 aromatic carbocycles. The van der Waals surface area contributed by atoms with Crippen LogP contribution in [0.3, 0.4) is 0 Å². The van der Waals surface area contributed by atoms with Crippen LogP contribution in [0.4, 0.5) is 17.1 Å². The van der Waals surface area contributed by atoms with Crippen molar-refractivity contribution in [1.82, 2.24) is 0 Å². The summed E-state index contributed by atoms with van der Waals surface area (Å²) < 4.78 is 0. The summed E-state index contributed by atoms with van der Waals surface area (Å²) in [4.78, 5) is 0. The van der Waals surface area contributed by atoms with Crippen molar-refractivity contribution in [3.8, 4) is 0 Å². The highest BCUT2D eigenvalue weighted by atomic mass is 35.5. The fourth-order valence-corrected chi connectivity index (χ4v) is 1.88. The molecule has 0 spiro atoms. The first kappa shape index (κ1) is 12.5. The SMILES string of the molecule is CC(=N)c1ccc(Nc2ccccc2Cl)cc1N. The molecule has 2 aromatic rings. The summed E-state index contributed by atoms with van der Waals surface area (Å²) in [6, 6.07) is 13.0. The standard InChI is InChI=1S/C14H14ClN3/c1-9(16)11-7-6-10(8-13(11)17)18-14-5-3-2-4-12(14)15/h2-8,16,18H,17H2,1H3. The van der Waals surface area contributed by atoms with Crippen molar-refractivity contribution in [2.45, 2.75) is 6.92 Å². The Morgan fingerprint density at radius 2 is 1.94 bits per heavy atom. The van der Waals surface area contributed by atoms with Crippen LogP contribution in [0.1, 0.15) is 12.5 Å². The molecule has 4 N–H and O–H groups in total. The minimum Gasteiger partial charge on any atom is -0.398 e. The highest BCUT2D eigenvalue weighted by molar-refractivity contribution is 6.33. The number of hydrogen-bond acceptors (Lipinski definition) is 3. The van der Waals surface area contributed by atoms with Gasteiger partial charge in [-0.1, -0.05) is 23.7 Å². The number of halogens is 1. The van der Waals surface area contributed by atoms with Gasteiger partial charge in [0.05, 0.1) is 10.7 Å². The summed E-state index contributed by atoms with van der Waals surface area (Å²) in [5.41, 5.74) is 9.37. The molecule has 0 aliphatic carbocycles. The number of nitrogens with two attached hydrogens (primary N) is 1. The van der Waals surface area contributed by atoms with Gasteiger partial charge in [0.2, 0.25) is 0 Å². The second kappa shape index (κ2) is 5.10. The molecule has 0 unspecified atom stereocenters. The van der Waals surface area contributed by atoms with Gasteiger partial charge in [-0.05, 0) is 37.3 Å². The van der Waals surface area contributed by atoms with E-state index in [0.717, 1.165) is 16.9 Å². The Kier molecular flexibility index (Phi) is 3.53. The Hall–Kier alpha value is -2.00. The quantitative estimate of drug-likeness (QED) is 0.575. The van der Waals surface area contributed by atoms with Crippen LogP contribution in [-0.4, -0.2) is 5.71 Å². The molecular formula is C14H14ClN3. The fraction of sp³-hybridized carbons (Fsp3) is 0.0714. The second-order valence-electron chi connectivity index (χ2n) is 4.03. The van der Waals surface area contributed by atoms with Gasteiger partial charge in [0, 0.05) is 22.6 Å². The lowest BCUT2D eigenvalue weighted by Crippen LogP contribution is -2.01. The molecule has 0 aromatic heterocycles. The van der Waals surface area contributed by atoms with E-state index in [2.05, 4.69) is 5.32 Å². The Bertz CT molecular complexity index is 593. The highest BCUT2D eigenvalue weighted by Gasteiger charge is 2.04. The van der Waals surface area contributed by atoms with Crippen LogP contribution < -0.4 is 11.1 Å². The fourth-order valence-electron chi connectivity index (χ4n) is 1.70. The highest BCUT2D eigenvalue weighted by Crippen LogP contribution is 2.26. The Morgan fingerprint density at radius 1 is 1.22 bits per heavy atom. The molecule has 0 atom stereocenters. The molecule has 0 heterocycles. The molecule has 0 saturated heterocycles. The summed E-state index contributed by atoms with van der Waals surface area (Å²) in [6.07, 6.45) is 0. The Labute approximate surface area is 111 Å². The Morgan fingerprint density at radius 3 is 2.56 bits per heavy atom. The van der Waals surface area contributed by atoms with E-state index in [1.54, 1.807) is 13.0 Å². The van der Waals surface area contributed by atoms with Gasteiger partial charge in [-0.3, -0.25) is 0 Å². The number of para-hydroxylation sites is 1. The topological polar surface area (TPSA) is 61.9 Å². The van der Waals surface area contributed by atoms with E-state index in [4.69, 9.17) is 22.7 Å². The first-order chi connectivity index (χ1) is 8.58. The van der Waals surface area contributed by atoms with E-state index < -0.39 is 0 Å². The van der Waals surface area contributed by atoms with Gasteiger partial charge < -0.3 is 16.5 Å². The zero-order valence-electron chi connectivity index (χ0n) is 10.00. The van der Waals surface area contributed by atoms with Crippen molar-refractivity contribution >= 4 is 34.4 Å². The molecule has 0 radical (unpaired) electrons. The van der Waals surface area contributed by atoms with Crippen molar-refractivity contribution in [1.29, 1.82) is 5.41 Å². The van der Waals surface area contributed by atoms with Crippen LogP contribution in [0.25, 0.3) is 0 Å². The molecule has 0 saturated carbocycles. The Balaban J connectivity index is 2.29. The largest absolute Gasteiger partial charge is 0.398 e. The molecule has 2 rings (SSSR count). The molecule has 4 heteroatoms. The summed E-state index contributed by atoms with van der Waals surface area (Å²) in [6.45, 7) is 1.72. The maximum absolute atomic E-state index is 7.58. The maximum atomic E-state index is 7.58. The molecule has 3 nitrogen and oxygen atoms in total. The van der Waals surface area contributed by atoms with E-state index in [1.165, 1.54) is 0 Å². The van der Waals surface area contributed by atoms with Crippen LogP contribution in [0, 0.1) is 5.41 Å². The zero-order chi connectivity index (χ0) is 13.1. The van der Waals surface area contributed by atoms with Crippen LogP contribution >= 0.6 is 11.6 Å². The first-order valence-corrected chi connectivity index (χ1v) is 5.92. The van der Waals surface area contributed by atoms with E-state index in [-0.39, 0.29) is 0 Å². The third-order valence-corrected chi connectivity index (χ3v) is 2.94. The van der Waals surface area contributed by atoms with Gasteiger partial charge >= 0.3 is 0 Å². The number of nitrogens with one attached hydrogen (secondary N) is 2. The van der Waals surface area contributed by atoms with Crippen molar-refractivity contribution in [3.63, 3.8) is 0 Å². The van der Waals surface area contributed by atoms with Gasteiger partial charge in [0.15, 0.2) is 0 Å². The summed E-state index contributed by atoms with van der Waals surface area (Å²) in [5.74, 6) is 0. The lowest BCUT2D eigenvalue weighted by molar-refractivity contribution is 1.45. The van der Waals surface area contributed by atoms with Gasteiger partial charge in [0.1, 0.15) is 0 Å². The van der Waals surface area contributed by atoms with E-state index in [1.807, 2.05) is 36.4 Å². The molecule has 0 fully saturated rings. The minimum atomic E-state index is 0.455. The van der Waals surface area contributed by atoms with Crippen LogP contribution in [0.15, 0.2) is 42.5 Å². The third-order valence-electron chi connectivity index (χ3n) is 2.61. The molecular weight excluding hydrogens is 246 g/mol. The molecule has 0 bridgehead atoms. The monoisotopic (exact) mass is 259 g/mol. The van der Waals surface area contributed by atoms with Crippen LogP contribution in [-0.2, 0) is 0 Å². The number of anilines is 3. The maximum Gasteiger partial charge on any atom is 0.0640 e. The summed E-state index contributed by atoms with van der Waals surface area (Å²) in [7, 11) is 0. The zero-order valence-corrected chi connectivity index (χ0v) is 10.8. The van der Waals surface area contributed by atoms with Gasteiger partial charge in [0.25, 0.3) is 0 Å². The van der Waals surface area contributed by atoms with Crippen molar-refractivity contribution < 1.29 is 0 Å². The molecule has 18 heavy (non-hydrogen) atoms. The third kappa shape index (κ3) is 2.63. The molecule has 0 amide bonds. The van der Waals surface area contributed by atoms with Crippen molar-refractivity contribution in [3.05, 3.63) is 53.1 Å². The molecule has 0 aliphatic rings. The second-order valence-corrected chi connectivity index (χ2v) is 4.44. The van der Waals surface area contributed by atoms with E-state index >= 15 is 0 Å². The van der Waals surface area contributed by atoms with Gasteiger partial charge in [-0.25, -0.2) is 0 Å². The lowest BCUT2D eigenvalue weighted by atomic mass is 10.1. The van der Waals surface area contributed by atoms with Crippen LogP contribution in [0.2, 0.25) is 5.02 Å². The first-order valence-electron chi connectivity index (χ1n) is 5.54. The van der Waals surface area contributed by atoms with Crippen LogP contribution in [0.5, 0.6) is 0 Å². The smallest absolute Gasteiger partial charge is 0.0640 e. The molecule has 0 aliphatic heterocycles. The number of hydrogen-bond donors (Lipinski definition) is 3. The van der Waals surface area contributed by atoms with E-state index in [9.17, 15) is 0 Å². The normalized spacial score (nSPS) is 10.1. The van der Waals surface area contributed by atoms with Crippen molar-refractivity contribution in [2.24, 2.45) is 0 Å². The summed E-state index contributed by atoms with van der Waals surface area (Å²) in [5, 5.41) is 11.4. The number of nitrogen functional groups attached to an aromatic ring is 1. The number of rotatable bonds is 3. The number of benzene rings is 2. The minimum absolute atomic E-state index is 0.455. The summed E-state index contributed by atoms with van der Waals surface area (Å²) >= 11 is 6.07. The lowest BCUT2D eigenvalue weighted by Gasteiger charge is -2.10. The van der Waals surface area contributed by atoms with Gasteiger partial charge in [-0.2, -0.15) is 0 Å². The van der Waals surface area contributed by atoms with Crippen molar-refractivity contribution in [2.75, 3.05) is 11.1 Å². The molecule has 92 valence electrons. The van der Waals surface area contributed by atoms with Gasteiger partial charge in [-0.15, -0.1) is 0 Å². The predicted molar refractivity (Wildman–Crippen MR) is 78.1 cm³/mol. The predicted octanol–water partition coefficient (Wildman–Crippen LogP) is 4.05. The average molecular weight is 260 g/mol. The van der Waals surface area contributed by atoms with E-state index in [0.29, 0.717) is 16.4 Å². The average Bonchev–Trinajstić information content (AvgIpc) is 2.32.